The molecule has 4 heteroatoms. The molecule has 0 aromatic heterocycles. The predicted octanol–water partition coefficient (Wildman–Crippen LogP) is 3.35. The lowest BCUT2D eigenvalue weighted by Crippen LogP contribution is -2.33. The van der Waals surface area contributed by atoms with Gasteiger partial charge in [0, 0.05) is 16.1 Å². The van der Waals surface area contributed by atoms with E-state index >= 15 is 0 Å². The molecule has 17 heavy (non-hydrogen) atoms. The molecule has 0 heterocycles. The van der Waals surface area contributed by atoms with Crippen LogP contribution in [-0.2, 0) is 4.79 Å². The summed E-state index contributed by atoms with van der Waals surface area (Å²) in [6, 6.07) is 5.89. The number of anilines is 1. The molecule has 0 aliphatic carbocycles. The van der Waals surface area contributed by atoms with Crippen molar-refractivity contribution in [1.82, 2.24) is 4.72 Å². The van der Waals surface area contributed by atoms with E-state index < -0.39 is 0 Å². The van der Waals surface area contributed by atoms with E-state index in [2.05, 4.69) is 37.7 Å². The van der Waals surface area contributed by atoms with Gasteiger partial charge in [0.25, 0.3) is 0 Å². The van der Waals surface area contributed by atoms with Crippen molar-refractivity contribution in [2.75, 3.05) is 5.32 Å². The van der Waals surface area contributed by atoms with E-state index in [0.717, 1.165) is 17.0 Å². The predicted molar refractivity (Wildman–Crippen MR) is 74.2 cm³/mol. The summed E-state index contributed by atoms with van der Waals surface area (Å²) in [5, 5.41) is 2.66. The SMILES string of the molecule is CCC(C)(C)NSc1cc(NC=O)ccc1C. The first-order valence-electron chi connectivity index (χ1n) is 5.73. The second-order valence-corrected chi connectivity index (χ2v) is 5.53. The van der Waals surface area contributed by atoms with Crippen LogP contribution in [0.2, 0.25) is 0 Å². The highest BCUT2D eigenvalue weighted by molar-refractivity contribution is 7.97. The van der Waals surface area contributed by atoms with Gasteiger partial charge in [-0.25, -0.2) is 0 Å². The van der Waals surface area contributed by atoms with Crippen molar-refractivity contribution in [3.8, 4) is 0 Å². The number of carbonyl (C=O) groups is 1. The van der Waals surface area contributed by atoms with Crippen molar-refractivity contribution in [3.63, 3.8) is 0 Å². The molecule has 0 aliphatic heterocycles. The highest BCUT2D eigenvalue weighted by Gasteiger charge is 2.14. The average molecular weight is 252 g/mol. The number of amides is 1. The van der Waals surface area contributed by atoms with E-state index in [1.807, 2.05) is 18.2 Å². The molecule has 0 radical (unpaired) electrons. The second kappa shape index (κ2) is 6.07. The molecule has 0 saturated heterocycles. The first kappa shape index (κ1) is 14.1. The Morgan fingerprint density at radius 3 is 2.71 bits per heavy atom. The Hall–Kier alpha value is -1.00. The largest absolute Gasteiger partial charge is 0.329 e. The van der Waals surface area contributed by atoms with E-state index in [1.54, 1.807) is 11.9 Å². The zero-order valence-electron chi connectivity index (χ0n) is 10.8. The van der Waals surface area contributed by atoms with E-state index in [1.165, 1.54) is 5.56 Å². The van der Waals surface area contributed by atoms with Crippen molar-refractivity contribution in [2.24, 2.45) is 0 Å². The Kier molecular flexibility index (Phi) is 5.02. The van der Waals surface area contributed by atoms with Gasteiger partial charge in [-0.2, -0.15) is 0 Å². The van der Waals surface area contributed by atoms with Gasteiger partial charge in [0.15, 0.2) is 0 Å². The summed E-state index contributed by atoms with van der Waals surface area (Å²) >= 11 is 1.61. The fraction of sp³-hybridized carbons (Fsp3) is 0.462. The van der Waals surface area contributed by atoms with Crippen LogP contribution < -0.4 is 10.0 Å². The summed E-state index contributed by atoms with van der Waals surface area (Å²) in [6.07, 6.45) is 1.76. The minimum atomic E-state index is 0.102. The molecule has 94 valence electrons. The zero-order valence-corrected chi connectivity index (χ0v) is 11.6. The fourth-order valence-electron chi connectivity index (χ4n) is 1.13. The smallest absolute Gasteiger partial charge is 0.211 e. The first-order chi connectivity index (χ1) is 7.98. The molecule has 1 rings (SSSR count). The third-order valence-electron chi connectivity index (χ3n) is 2.73. The third kappa shape index (κ3) is 4.40. The molecule has 0 bridgehead atoms. The molecule has 0 aliphatic rings. The maximum absolute atomic E-state index is 10.4. The molecule has 3 nitrogen and oxygen atoms in total. The normalized spacial score (nSPS) is 11.3. The summed E-state index contributed by atoms with van der Waals surface area (Å²) in [5.41, 5.74) is 2.13. The summed E-state index contributed by atoms with van der Waals surface area (Å²) in [4.78, 5) is 11.5. The number of aryl methyl sites for hydroxylation is 1. The standard InChI is InChI=1S/C13H20N2OS/c1-5-13(3,4)15-17-12-8-11(14-9-16)7-6-10(12)2/h6-9,15H,5H2,1-4H3,(H,14,16). The monoisotopic (exact) mass is 252 g/mol. The van der Waals surface area contributed by atoms with Crippen LogP contribution in [0, 0.1) is 6.92 Å². The lowest BCUT2D eigenvalue weighted by atomic mass is 10.0. The average Bonchev–Trinajstić information content (AvgIpc) is 2.30. The molecule has 0 atom stereocenters. The van der Waals surface area contributed by atoms with Crippen LogP contribution in [0.15, 0.2) is 23.1 Å². The molecule has 1 aromatic rings. The van der Waals surface area contributed by atoms with Crippen LogP contribution in [0.25, 0.3) is 0 Å². The van der Waals surface area contributed by atoms with Gasteiger partial charge >= 0.3 is 0 Å². The van der Waals surface area contributed by atoms with Crippen LogP contribution >= 0.6 is 11.9 Å². The van der Waals surface area contributed by atoms with Crippen LogP contribution in [0.5, 0.6) is 0 Å². The minimum Gasteiger partial charge on any atom is -0.329 e. The maximum atomic E-state index is 10.4. The minimum absolute atomic E-state index is 0.102. The van der Waals surface area contributed by atoms with Gasteiger partial charge in [-0.05, 0) is 56.8 Å². The quantitative estimate of drug-likeness (QED) is 0.602. The number of carbonyl (C=O) groups excluding carboxylic acids is 1. The summed E-state index contributed by atoms with van der Waals surface area (Å²) < 4.78 is 3.44. The van der Waals surface area contributed by atoms with Gasteiger partial charge in [0.1, 0.15) is 0 Å². The number of nitrogens with one attached hydrogen (secondary N) is 2. The Morgan fingerprint density at radius 1 is 1.41 bits per heavy atom. The molecular weight excluding hydrogens is 232 g/mol. The van der Waals surface area contributed by atoms with Crippen molar-refractivity contribution >= 4 is 24.0 Å². The van der Waals surface area contributed by atoms with Gasteiger partial charge in [-0.3, -0.25) is 9.52 Å². The highest BCUT2D eigenvalue weighted by atomic mass is 32.2. The Morgan fingerprint density at radius 2 is 2.12 bits per heavy atom. The zero-order chi connectivity index (χ0) is 12.9. The number of benzene rings is 1. The molecule has 1 aromatic carbocycles. The van der Waals surface area contributed by atoms with Crippen molar-refractivity contribution in [1.29, 1.82) is 0 Å². The summed E-state index contributed by atoms with van der Waals surface area (Å²) in [7, 11) is 0. The number of hydrogen-bond acceptors (Lipinski definition) is 3. The first-order valence-corrected chi connectivity index (χ1v) is 6.55. The van der Waals surface area contributed by atoms with Gasteiger partial charge in [0.05, 0.1) is 0 Å². The lowest BCUT2D eigenvalue weighted by Gasteiger charge is -2.24. The molecular formula is C13H20N2OS. The number of hydrogen-bond donors (Lipinski definition) is 2. The Balaban J connectivity index is 2.75. The Labute approximate surface area is 108 Å². The van der Waals surface area contributed by atoms with Crippen LogP contribution in [0.3, 0.4) is 0 Å². The van der Waals surface area contributed by atoms with Crippen LogP contribution in [-0.4, -0.2) is 11.9 Å². The lowest BCUT2D eigenvalue weighted by molar-refractivity contribution is -0.105. The summed E-state index contributed by atoms with van der Waals surface area (Å²) in [5.74, 6) is 0. The molecule has 1 amide bonds. The van der Waals surface area contributed by atoms with E-state index in [0.29, 0.717) is 6.41 Å². The van der Waals surface area contributed by atoms with Crippen LogP contribution in [0.4, 0.5) is 5.69 Å². The van der Waals surface area contributed by atoms with Crippen molar-refractivity contribution in [3.05, 3.63) is 23.8 Å². The molecule has 0 unspecified atom stereocenters. The second-order valence-electron chi connectivity index (χ2n) is 4.68. The van der Waals surface area contributed by atoms with Crippen molar-refractivity contribution in [2.45, 2.75) is 44.6 Å². The van der Waals surface area contributed by atoms with Crippen molar-refractivity contribution < 1.29 is 4.79 Å². The molecule has 0 fully saturated rings. The van der Waals surface area contributed by atoms with Gasteiger partial charge in [0.2, 0.25) is 6.41 Å². The maximum Gasteiger partial charge on any atom is 0.211 e. The third-order valence-corrected chi connectivity index (χ3v) is 4.05. The summed E-state index contributed by atoms with van der Waals surface area (Å²) in [6.45, 7) is 8.56. The van der Waals surface area contributed by atoms with E-state index in [-0.39, 0.29) is 5.54 Å². The Bertz CT molecular complexity index is 391. The van der Waals surface area contributed by atoms with Gasteiger partial charge < -0.3 is 5.32 Å². The van der Waals surface area contributed by atoms with Crippen LogP contribution in [0.1, 0.15) is 32.8 Å². The topological polar surface area (TPSA) is 41.1 Å². The molecule has 0 spiro atoms. The number of rotatable bonds is 6. The van der Waals surface area contributed by atoms with Gasteiger partial charge in [-0.1, -0.05) is 13.0 Å². The van der Waals surface area contributed by atoms with E-state index in [9.17, 15) is 4.79 Å². The molecule has 2 N–H and O–H groups in total. The van der Waals surface area contributed by atoms with Gasteiger partial charge in [-0.15, -0.1) is 0 Å². The highest BCUT2D eigenvalue weighted by Crippen LogP contribution is 2.26. The van der Waals surface area contributed by atoms with E-state index in [4.69, 9.17) is 0 Å². The fourth-order valence-corrected chi connectivity index (χ4v) is 2.08. The molecule has 0 saturated carbocycles.